The van der Waals surface area contributed by atoms with Crippen LogP contribution < -0.4 is 14.2 Å². The Bertz CT molecular complexity index is 570. The van der Waals surface area contributed by atoms with Crippen LogP contribution in [0.4, 0.5) is 0 Å². The number of ether oxygens (including phenoxy) is 3. The van der Waals surface area contributed by atoms with Crippen LogP contribution in [0, 0.1) is 0 Å². The molecule has 2 aromatic rings. The molecule has 0 saturated heterocycles. The van der Waals surface area contributed by atoms with Gasteiger partial charge in [-0.15, -0.1) is 11.6 Å². The van der Waals surface area contributed by atoms with Crippen molar-refractivity contribution in [3.8, 4) is 28.6 Å². The van der Waals surface area contributed by atoms with Crippen molar-refractivity contribution in [3.63, 3.8) is 0 Å². The molecule has 0 bridgehead atoms. The van der Waals surface area contributed by atoms with Crippen LogP contribution in [0.1, 0.15) is 18.2 Å². The van der Waals surface area contributed by atoms with E-state index in [0.717, 1.165) is 5.56 Å². The second kappa shape index (κ2) is 6.05. The first-order valence-electron chi connectivity index (χ1n) is 6.00. The van der Waals surface area contributed by atoms with E-state index in [9.17, 15) is 0 Å². The van der Waals surface area contributed by atoms with E-state index in [-0.39, 0.29) is 5.38 Å². The molecule has 0 aliphatic carbocycles. The standard InChI is InChI=1S/C14H16ClNO4/c1-8(15)14-16-7-12(20-14)9-5-10(17-2)13(19-4)11(6-9)18-3/h5-8H,1-4H3. The number of halogens is 1. The lowest BCUT2D eigenvalue weighted by atomic mass is 10.1. The van der Waals surface area contributed by atoms with Gasteiger partial charge < -0.3 is 18.6 Å². The molecular weight excluding hydrogens is 282 g/mol. The Hall–Kier alpha value is -1.88. The van der Waals surface area contributed by atoms with Crippen LogP contribution in [0.5, 0.6) is 17.2 Å². The van der Waals surface area contributed by atoms with Crippen LogP contribution in [0.25, 0.3) is 11.3 Å². The number of oxazole rings is 1. The van der Waals surface area contributed by atoms with Gasteiger partial charge in [0.25, 0.3) is 0 Å². The molecule has 0 aliphatic rings. The molecule has 0 aliphatic heterocycles. The number of hydrogen-bond acceptors (Lipinski definition) is 5. The van der Waals surface area contributed by atoms with Crippen molar-refractivity contribution in [2.75, 3.05) is 21.3 Å². The van der Waals surface area contributed by atoms with E-state index in [2.05, 4.69) is 4.98 Å². The fourth-order valence-electron chi connectivity index (χ4n) is 1.83. The Kier molecular flexibility index (Phi) is 4.39. The largest absolute Gasteiger partial charge is 0.493 e. The smallest absolute Gasteiger partial charge is 0.212 e. The van der Waals surface area contributed by atoms with Crippen molar-refractivity contribution in [2.24, 2.45) is 0 Å². The number of hydrogen-bond donors (Lipinski definition) is 0. The third-order valence-electron chi connectivity index (χ3n) is 2.81. The van der Waals surface area contributed by atoms with E-state index in [1.807, 2.05) is 0 Å². The molecule has 0 amide bonds. The number of aromatic nitrogens is 1. The second-order valence-corrected chi connectivity index (χ2v) is 4.75. The highest BCUT2D eigenvalue weighted by Gasteiger charge is 2.17. The molecular formula is C14H16ClNO4. The molecule has 1 aromatic heterocycles. The van der Waals surface area contributed by atoms with E-state index in [1.165, 1.54) is 0 Å². The van der Waals surface area contributed by atoms with Crippen LogP contribution in [0.15, 0.2) is 22.7 Å². The zero-order valence-electron chi connectivity index (χ0n) is 11.8. The molecule has 6 heteroatoms. The maximum Gasteiger partial charge on any atom is 0.212 e. The Labute approximate surface area is 122 Å². The van der Waals surface area contributed by atoms with Gasteiger partial charge in [0.1, 0.15) is 5.38 Å². The van der Waals surface area contributed by atoms with Crippen LogP contribution in [-0.4, -0.2) is 26.3 Å². The summed E-state index contributed by atoms with van der Waals surface area (Å²) in [4.78, 5) is 4.13. The first kappa shape index (κ1) is 14.5. The molecule has 1 aromatic carbocycles. The number of methoxy groups -OCH3 is 3. The van der Waals surface area contributed by atoms with Crippen LogP contribution in [0.3, 0.4) is 0 Å². The highest BCUT2D eigenvalue weighted by atomic mass is 35.5. The van der Waals surface area contributed by atoms with Crippen molar-refractivity contribution in [1.29, 1.82) is 0 Å². The summed E-state index contributed by atoms with van der Waals surface area (Å²) in [5, 5.41) is -0.286. The zero-order chi connectivity index (χ0) is 14.7. The summed E-state index contributed by atoms with van der Waals surface area (Å²) in [6, 6.07) is 3.59. The molecule has 0 N–H and O–H groups in total. The molecule has 1 unspecified atom stereocenters. The molecule has 2 rings (SSSR count). The molecule has 0 fully saturated rings. The minimum Gasteiger partial charge on any atom is -0.493 e. The summed E-state index contributed by atoms with van der Waals surface area (Å²) >= 11 is 5.94. The van der Waals surface area contributed by atoms with Crippen molar-refractivity contribution in [1.82, 2.24) is 4.98 Å². The van der Waals surface area contributed by atoms with E-state index in [0.29, 0.717) is 28.9 Å². The molecule has 1 atom stereocenters. The highest BCUT2D eigenvalue weighted by molar-refractivity contribution is 6.20. The number of alkyl halides is 1. The molecule has 0 radical (unpaired) electrons. The Morgan fingerprint density at radius 1 is 1.10 bits per heavy atom. The average molecular weight is 298 g/mol. The Balaban J connectivity index is 2.50. The van der Waals surface area contributed by atoms with Gasteiger partial charge in [0.15, 0.2) is 17.3 Å². The van der Waals surface area contributed by atoms with Gasteiger partial charge in [-0.25, -0.2) is 4.98 Å². The van der Waals surface area contributed by atoms with Crippen molar-refractivity contribution in [3.05, 3.63) is 24.2 Å². The summed E-state index contributed by atoms with van der Waals surface area (Å²) in [6.07, 6.45) is 1.62. The summed E-state index contributed by atoms with van der Waals surface area (Å²) in [6.45, 7) is 1.80. The first-order valence-corrected chi connectivity index (χ1v) is 6.44. The van der Waals surface area contributed by atoms with Gasteiger partial charge >= 0.3 is 0 Å². The van der Waals surface area contributed by atoms with Crippen LogP contribution >= 0.6 is 11.6 Å². The lowest BCUT2D eigenvalue weighted by molar-refractivity contribution is 0.324. The minimum absolute atomic E-state index is 0.286. The molecule has 1 heterocycles. The van der Waals surface area contributed by atoms with E-state index in [4.69, 9.17) is 30.2 Å². The first-order chi connectivity index (χ1) is 9.60. The van der Waals surface area contributed by atoms with Crippen molar-refractivity contribution in [2.45, 2.75) is 12.3 Å². The fraction of sp³-hybridized carbons (Fsp3) is 0.357. The predicted octanol–water partition coefficient (Wildman–Crippen LogP) is 3.67. The van der Waals surface area contributed by atoms with E-state index in [1.54, 1.807) is 46.6 Å². The topological polar surface area (TPSA) is 53.7 Å². The summed E-state index contributed by atoms with van der Waals surface area (Å²) in [7, 11) is 4.68. The molecule has 20 heavy (non-hydrogen) atoms. The Morgan fingerprint density at radius 3 is 2.10 bits per heavy atom. The lowest BCUT2D eigenvalue weighted by Crippen LogP contribution is -1.95. The zero-order valence-corrected chi connectivity index (χ0v) is 12.5. The second-order valence-electron chi connectivity index (χ2n) is 4.09. The van der Waals surface area contributed by atoms with Gasteiger partial charge in [-0.3, -0.25) is 0 Å². The SMILES string of the molecule is COc1cc(-c2cnc(C(C)Cl)o2)cc(OC)c1OC. The quantitative estimate of drug-likeness (QED) is 0.788. The maximum atomic E-state index is 5.94. The fourth-order valence-corrected chi connectivity index (χ4v) is 1.93. The lowest BCUT2D eigenvalue weighted by Gasteiger charge is -2.13. The van der Waals surface area contributed by atoms with Gasteiger partial charge in [0.2, 0.25) is 11.6 Å². The number of nitrogens with zero attached hydrogens (tertiary/aromatic N) is 1. The van der Waals surface area contributed by atoms with Gasteiger partial charge in [-0.2, -0.15) is 0 Å². The maximum absolute atomic E-state index is 5.94. The molecule has 108 valence electrons. The predicted molar refractivity (Wildman–Crippen MR) is 75.9 cm³/mol. The van der Waals surface area contributed by atoms with Crippen molar-refractivity contribution < 1.29 is 18.6 Å². The summed E-state index contributed by atoms with van der Waals surface area (Å²) in [5.41, 5.74) is 0.774. The average Bonchev–Trinajstić information content (AvgIpc) is 2.95. The molecule has 0 saturated carbocycles. The minimum atomic E-state index is -0.286. The van der Waals surface area contributed by atoms with Crippen LogP contribution in [-0.2, 0) is 0 Å². The Morgan fingerprint density at radius 2 is 1.70 bits per heavy atom. The third kappa shape index (κ3) is 2.67. The monoisotopic (exact) mass is 297 g/mol. The molecule has 0 spiro atoms. The van der Waals surface area contributed by atoms with Crippen molar-refractivity contribution >= 4 is 11.6 Å². The van der Waals surface area contributed by atoms with Gasteiger partial charge in [0.05, 0.1) is 27.5 Å². The van der Waals surface area contributed by atoms with E-state index >= 15 is 0 Å². The van der Waals surface area contributed by atoms with Gasteiger partial charge in [-0.1, -0.05) is 0 Å². The van der Waals surface area contributed by atoms with Gasteiger partial charge in [0, 0.05) is 5.56 Å². The third-order valence-corrected chi connectivity index (χ3v) is 3.00. The van der Waals surface area contributed by atoms with E-state index < -0.39 is 0 Å². The van der Waals surface area contributed by atoms with Crippen LogP contribution in [0.2, 0.25) is 0 Å². The molecule has 5 nitrogen and oxygen atoms in total. The summed E-state index contributed by atoms with van der Waals surface area (Å²) < 4.78 is 21.5. The number of benzene rings is 1. The highest BCUT2D eigenvalue weighted by Crippen LogP contribution is 2.41. The summed E-state index contributed by atoms with van der Waals surface area (Å²) in [5.74, 6) is 2.70. The van der Waals surface area contributed by atoms with Gasteiger partial charge in [-0.05, 0) is 19.1 Å². The normalized spacial score (nSPS) is 12.1. The number of rotatable bonds is 5.